The van der Waals surface area contributed by atoms with E-state index in [4.69, 9.17) is 24.3 Å². The van der Waals surface area contributed by atoms with Gasteiger partial charge in [-0.1, -0.05) is 191 Å². The molecule has 0 aromatic rings. The summed E-state index contributed by atoms with van der Waals surface area (Å²) < 4.78 is 32.8. The Hall–Kier alpha value is -2.03. The zero-order valence-corrected chi connectivity index (χ0v) is 37.5. The first-order valence-electron chi connectivity index (χ1n) is 23.1. The lowest BCUT2D eigenvalue weighted by Gasteiger charge is -2.19. The second kappa shape index (κ2) is 43.5. The highest BCUT2D eigenvalue weighted by Crippen LogP contribution is 2.43. The standard InChI is InChI=1S/C47H86NO8P/c1-3-5-7-9-11-13-15-17-19-21-22-24-25-27-29-31-33-35-37-39-46(49)53-43-45(44-55-57(51,52)54-42-41-48)56-47(50)40-38-36-34-32-30-28-26-23-20-18-16-14-12-10-8-6-4-2/h12,14,18,20,26,28,32,34,45H,3-11,13,15-17,19,21-25,27,29-31,33,35-44,48H2,1-2H3,(H,51,52)/b14-12+,20-18+,28-26+,34-32+/t45-/m1/s1. The molecule has 0 spiro atoms. The van der Waals surface area contributed by atoms with Gasteiger partial charge < -0.3 is 20.1 Å². The molecular weight excluding hydrogens is 737 g/mol. The Labute approximate surface area is 349 Å². The predicted molar refractivity (Wildman–Crippen MR) is 238 cm³/mol. The number of hydrogen-bond donors (Lipinski definition) is 2. The number of phosphoric ester groups is 1. The Balaban J connectivity index is 4.17. The van der Waals surface area contributed by atoms with Gasteiger partial charge in [0.15, 0.2) is 6.10 Å². The fraction of sp³-hybridized carbons (Fsp3) is 0.787. The normalized spacial score (nSPS) is 13.7. The van der Waals surface area contributed by atoms with E-state index in [0.717, 1.165) is 38.5 Å². The van der Waals surface area contributed by atoms with Crippen molar-refractivity contribution in [3.05, 3.63) is 48.6 Å². The first-order chi connectivity index (χ1) is 27.8. The van der Waals surface area contributed by atoms with Gasteiger partial charge >= 0.3 is 19.8 Å². The van der Waals surface area contributed by atoms with Gasteiger partial charge in [-0.25, -0.2) is 4.57 Å². The molecule has 9 nitrogen and oxygen atoms in total. The van der Waals surface area contributed by atoms with Crippen molar-refractivity contribution in [1.82, 2.24) is 0 Å². The summed E-state index contributed by atoms with van der Waals surface area (Å²) in [5.41, 5.74) is 5.35. The maximum absolute atomic E-state index is 12.6. The molecule has 3 N–H and O–H groups in total. The molecule has 332 valence electrons. The summed E-state index contributed by atoms with van der Waals surface area (Å²) in [6, 6.07) is 0. The van der Waals surface area contributed by atoms with E-state index < -0.39 is 32.5 Å². The molecule has 0 rings (SSSR count). The molecular formula is C47H86NO8P. The third-order valence-corrected chi connectivity index (χ3v) is 10.7. The van der Waals surface area contributed by atoms with Crippen molar-refractivity contribution in [1.29, 1.82) is 0 Å². The summed E-state index contributed by atoms with van der Waals surface area (Å²) >= 11 is 0. The zero-order chi connectivity index (χ0) is 41.8. The Morgan fingerprint density at radius 1 is 0.526 bits per heavy atom. The molecule has 1 unspecified atom stereocenters. The van der Waals surface area contributed by atoms with Gasteiger partial charge in [0.2, 0.25) is 0 Å². The van der Waals surface area contributed by atoms with Crippen LogP contribution in [0.4, 0.5) is 0 Å². The molecule has 0 aliphatic rings. The van der Waals surface area contributed by atoms with Gasteiger partial charge in [0.1, 0.15) is 6.61 Å². The average Bonchev–Trinajstić information content (AvgIpc) is 3.20. The van der Waals surface area contributed by atoms with Gasteiger partial charge in [0.25, 0.3) is 0 Å². The first-order valence-corrected chi connectivity index (χ1v) is 24.6. The summed E-state index contributed by atoms with van der Waals surface area (Å²) in [5.74, 6) is -0.889. The van der Waals surface area contributed by atoms with E-state index in [-0.39, 0.29) is 32.6 Å². The zero-order valence-electron chi connectivity index (χ0n) is 36.6. The molecule has 0 aromatic carbocycles. The van der Waals surface area contributed by atoms with Crippen molar-refractivity contribution in [3.8, 4) is 0 Å². The molecule has 2 atom stereocenters. The Kier molecular flexibility index (Phi) is 42.0. The number of phosphoric acid groups is 1. The van der Waals surface area contributed by atoms with E-state index >= 15 is 0 Å². The van der Waals surface area contributed by atoms with Crippen molar-refractivity contribution in [2.75, 3.05) is 26.4 Å². The van der Waals surface area contributed by atoms with Crippen molar-refractivity contribution in [2.45, 2.75) is 213 Å². The molecule has 0 amide bonds. The molecule has 0 radical (unpaired) electrons. The number of esters is 2. The first kappa shape index (κ1) is 55.0. The van der Waals surface area contributed by atoms with E-state index in [1.165, 1.54) is 128 Å². The van der Waals surface area contributed by atoms with Crippen molar-refractivity contribution in [2.24, 2.45) is 5.73 Å². The largest absolute Gasteiger partial charge is 0.472 e. The van der Waals surface area contributed by atoms with E-state index in [1.54, 1.807) is 0 Å². The fourth-order valence-electron chi connectivity index (χ4n) is 6.27. The van der Waals surface area contributed by atoms with Crippen LogP contribution in [0.2, 0.25) is 0 Å². The van der Waals surface area contributed by atoms with Crippen LogP contribution in [0.15, 0.2) is 48.6 Å². The van der Waals surface area contributed by atoms with Crippen molar-refractivity contribution < 1.29 is 37.6 Å². The average molecular weight is 824 g/mol. The smallest absolute Gasteiger partial charge is 0.462 e. The Bertz CT molecular complexity index is 1080. The van der Waals surface area contributed by atoms with Crippen LogP contribution in [0.1, 0.15) is 206 Å². The highest BCUT2D eigenvalue weighted by atomic mass is 31.2. The van der Waals surface area contributed by atoms with Crippen LogP contribution in [0, 0.1) is 0 Å². The summed E-state index contributed by atoms with van der Waals surface area (Å²) in [6.07, 6.45) is 50.1. The van der Waals surface area contributed by atoms with Gasteiger partial charge in [-0.05, 0) is 51.4 Å². The molecule has 0 aliphatic carbocycles. The summed E-state index contributed by atoms with van der Waals surface area (Å²) in [7, 11) is -4.39. The Morgan fingerprint density at radius 2 is 0.930 bits per heavy atom. The quantitative estimate of drug-likeness (QED) is 0.0267. The lowest BCUT2D eigenvalue weighted by atomic mass is 10.0. The minimum atomic E-state index is -4.39. The minimum absolute atomic E-state index is 0.0445. The van der Waals surface area contributed by atoms with Gasteiger partial charge in [0.05, 0.1) is 13.2 Å². The van der Waals surface area contributed by atoms with Gasteiger partial charge in [-0.15, -0.1) is 0 Å². The molecule has 0 aromatic heterocycles. The second-order valence-electron chi connectivity index (χ2n) is 15.3. The maximum atomic E-state index is 12.6. The third kappa shape index (κ3) is 43.4. The topological polar surface area (TPSA) is 134 Å². The molecule has 0 fully saturated rings. The number of carbonyl (C=O) groups excluding carboxylic acids is 2. The number of nitrogens with two attached hydrogens (primary N) is 1. The fourth-order valence-corrected chi connectivity index (χ4v) is 7.04. The highest BCUT2D eigenvalue weighted by Gasteiger charge is 2.26. The number of ether oxygens (including phenoxy) is 2. The van der Waals surface area contributed by atoms with Crippen LogP contribution < -0.4 is 5.73 Å². The molecule has 0 heterocycles. The van der Waals surface area contributed by atoms with Gasteiger partial charge in [0, 0.05) is 19.4 Å². The van der Waals surface area contributed by atoms with Crippen molar-refractivity contribution >= 4 is 19.8 Å². The minimum Gasteiger partial charge on any atom is -0.462 e. The third-order valence-electron chi connectivity index (χ3n) is 9.72. The van der Waals surface area contributed by atoms with Crippen LogP contribution in [0.25, 0.3) is 0 Å². The number of carbonyl (C=O) groups is 2. The lowest BCUT2D eigenvalue weighted by Crippen LogP contribution is -2.29. The van der Waals surface area contributed by atoms with Crippen LogP contribution >= 0.6 is 7.82 Å². The lowest BCUT2D eigenvalue weighted by molar-refractivity contribution is -0.161. The van der Waals surface area contributed by atoms with E-state index in [9.17, 15) is 19.0 Å². The molecule has 0 aliphatic heterocycles. The summed E-state index contributed by atoms with van der Waals surface area (Å²) in [5, 5.41) is 0. The van der Waals surface area contributed by atoms with Gasteiger partial charge in [-0.2, -0.15) is 0 Å². The second-order valence-corrected chi connectivity index (χ2v) is 16.7. The maximum Gasteiger partial charge on any atom is 0.472 e. The number of unbranched alkanes of at least 4 members (excludes halogenated alkanes) is 22. The SMILES string of the molecule is CCCCC/C=C/C/C=C/C/C=C/C/C=C/CCCC(=O)O[C@H](COC(=O)CCCCCCCCCCCCCCCCCCCCC)COP(=O)(O)OCCN. The van der Waals surface area contributed by atoms with Crippen LogP contribution in [0.5, 0.6) is 0 Å². The molecule has 57 heavy (non-hydrogen) atoms. The molecule has 10 heteroatoms. The summed E-state index contributed by atoms with van der Waals surface area (Å²) in [4.78, 5) is 34.9. The highest BCUT2D eigenvalue weighted by molar-refractivity contribution is 7.47. The number of hydrogen-bond acceptors (Lipinski definition) is 8. The van der Waals surface area contributed by atoms with Crippen LogP contribution in [-0.2, 0) is 32.7 Å². The Morgan fingerprint density at radius 3 is 1.40 bits per heavy atom. The van der Waals surface area contributed by atoms with E-state index in [2.05, 4.69) is 56.4 Å². The van der Waals surface area contributed by atoms with Gasteiger partial charge in [-0.3, -0.25) is 18.6 Å². The van der Waals surface area contributed by atoms with E-state index in [0.29, 0.717) is 12.8 Å². The molecule has 0 saturated heterocycles. The predicted octanol–water partition coefficient (Wildman–Crippen LogP) is 13.5. The van der Waals surface area contributed by atoms with E-state index in [1.807, 2.05) is 6.08 Å². The molecule has 0 bridgehead atoms. The summed E-state index contributed by atoms with van der Waals surface area (Å²) in [6.45, 7) is 3.66. The number of allylic oxidation sites excluding steroid dienone is 8. The van der Waals surface area contributed by atoms with Crippen molar-refractivity contribution in [3.63, 3.8) is 0 Å². The van der Waals surface area contributed by atoms with Crippen LogP contribution in [0.3, 0.4) is 0 Å². The van der Waals surface area contributed by atoms with Crippen LogP contribution in [-0.4, -0.2) is 49.3 Å². The monoisotopic (exact) mass is 824 g/mol. The molecule has 0 saturated carbocycles. The number of rotatable bonds is 43.